The van der Waals surface area contributed by atoms with E-state index in [2.05, 4.69) is 28.5 Å². The van der Waals surface area contributed by atoms with Gasteiger partial charge >= 0.3 is 0 Å². The fourth-order valence-corrected chi connectivity index (χ4v) is 3.97. The molecule has 0 radical (unpaired) electrons. The molecule has 3 heterocycles. The number of imidazole rings is 1. The van der Waals surface area contributed by atoms with Crippen molar-refractivity contribution in [3.05, 3.63) is 58.5 Å². The van der Waals surface area contributed by atoms with Gasteiger partial charge in [0.1, 0.15) is 5.52 Å². The van der Waals surface area contributed by atoms with Crippen LogP contribution in [0.4, 0.5) is 5.95 Å². The topological polar surface area (TPSA) is 69.1 Å². The first-order valence-corrected chi connectivity index (χ1v) is 9.81. The Morgan fingerprint density at radius 2 is 2.04 bits per heavy atom. The Morgan fingerprint density at radius 1 is 1.22 bits per heavy atom. The number of hydrogen-bond donors (Lipinski definition) is 1. The van der Waals surface area contributed by atoms with Crippen molar-refractivity contribution in [2.75, 3.05) is 18.0 Å². The number of aryl methyl sites for hydroxylation is 3. The van der Waals surface area contributed by atoms with E-state index in [0.717, 1.165) is 50.4 Å². The van der Waals surface area contributed by atoms with Crippen LogP contribution in [0.2, 0.25) is 0 Å². The molecule has 6 heteroatoms. The third kappa shape index (κ3) is 3.49. The second kappa shape index (κ2) is 7.56. The summed E-state index contributed by atoms with van der Waals surface area (Å²) in [6.45, 7) is 5.19. The van der Waals surface area contributed by atoms with Crippen LogP contribution >= 0.6 is 0 Å². The molecule has 1 aromatic carbocycles. The number of nitrogens with zero attached hydrogens (tertiary/aromatic N) is 4. The van der Waals surface area contributed by atoms with E-state index in [4.69, 9.17) is 10.7 Å². The molecule has 6 nitrogen and oxygen atoms in total. The van der Waals surface area contributed by atoms with E-state index in [-0.39, 0.29) is 11.6 Å². The highest BCUT2D eigenvalue weighted by Crippen LogP contribution is 2.23. The zero-order chi connectivity index (χ0) is 18.8. The third-order valence-electron chi connectivity index (χ3n) is 5.39. The monoisotopic (exact) mass is 365 g/mol. The molecule has 27 heavy (non-hydrogen) atoms. The standard InChI is InChI=1S/C21H27N5O/c1-2-26-19-18(23-21(26)25-12-6-9-17(22)15-25)11-14-24(20(19)27)13-10-16-7-4-3-5-8-16/h3-5,7-8,11,14,17H,2,6,9-10,12-13,15,22H2,1H3. The molecule has 3 aromatic rings. The maximum absolute atomic E-state index is 13.1. The molecule has 1 atom stereocenters. The van der Waals surface area contributed by atoms with Crippen molar-refractivity contribution in [3.63, 3.8) is 0 Å². The Kier molecular flexibility index (Phi) is 4.99. The first-order chi connectivity index (χ1) is 13.2. The van der Waals surface area contributed by atoms with Crippen molar-refractivity contribution in [2.45, 2.75) is 45.3 Å². The second-order valence-electron chi connectivity index (χ2n) is 7.29. The van der Waals surface area contributed by atoms with Crippen LogP contribution < -0.4 is 16.2 Å². The van der Waals surface area contributed by atoms with Gasteiger partial charge in [-0.25, -0.2) is 4.98 Å². The molecule has 4 rings (SSSR count). The van der Waals surface area contributed by atoms with Gasteiger partial charge < -0.3 is 19.8 Å². The summed E-state index contributed by atoms with van der Waals surface area (Å²) in [5, 5.41) is 0. The molecule has 2 N–H and O–H groups in total. The summed E-state index contributed by atoms with van der Waals surface area (Å²) in [7, 11) is 0. The Hall–Kier alpha value is -2.60. The quantitative estimate of drug-likeness (QED) is 0.754. The number of benzene rings is 1. The highest BCUT2D eigenvalue weighted by molar-refractivity contribution is 5.77. The normalized spacial score (nSPS) is 17.6. The van der Waals surface area contributed by atoms with Crippen molar-refractivity contribution in [1.82, 2.24) is 14.1 Å². The highest BCUT2D eigenvalue weighted by Gasteiger charge is 2.23. The number of aromatic nitrogens is 3. The van der Waals surface area contributed by atoms with Crippen molar-refractivity contribution < 1.29 is 0 Å². The third-order valence-corrected chi connectivity index (χ3v) is 5.39. The van der Waals surface area contributed by atoms with E-state index >= 15 is 0 Å². The zero-order valence-corrected chi connectivity index (χ0v) is 15.8. The van der Waals surface area contributed by atoms with Gasteiger partial charge in [-0.15, -0.1) is 0 Å². The fourth-order valence-electron chi connectivity index (χ4n) is 3.97. The van der Waals surface area contributed by atoms with Gasteiger partial charge in [-0.3, -0.25) is 4.79 Å². The molecule has 142 valence electrons. The Bertz CT molecular complexity index is 975. The Balaban J connectivity index is 1.68. The largest absolute Gasteiger partial charge is 0.341 e. The Morgan fingerprint density at radius 3 is 2.78 bits per heavy atom. The van der Waals surface area contributed by atoms with Crippen LogP contribution in [0.5, 0.6) is 0 Å². The lowest BCUT2D eigenvalue weighted by Gasteiger charge is -2.31. The van der Waals surface area contributed by atoms with E-state index in [1.807, 2.05) is 30.5 Å². The summed E-state index contributed by atoms with van der Waals surface area (Å²) in [5.74, 6) is 0.876. The summed E-state index contributed by atoms with van der Waals surface area (Å²) in [6.07, 6.45) is 4.82. The van der Waals surface area contributed by atoms with Gasteiger partial charge in [0.05, 0.1) is 5.52 Å². The van der Waals surface area contributed by atoms with E-state index in [9.17, 15) is 4.79 Å². The lowest BCUT2D eigenvalue weighted by atomic mass is 10.1. The number of pyridine rings is 1. The molecule has 0 bridgehead atoms. The van der Waals surface area contributed by atoms with Gasteiger partial charge in [0.2, 0.25) is 5.95 Å². The van der Waals surface area contributed by atoms with Crippen LogP contribution in [-0.4, -0.2) is 33.2 Å². The van der Waals surface area contributed by atoms with Gasteiger partial charge in [-0.2, -0.15) is 0 Å². The molecule has 1 unspecified atom stereocenters. The molecule has 1 aliphatic rings. The number of piperidine rings is 1. The van der Waals surface area contributed by atoms with E-state index in [0.29, 0.717) is 12.1 Å². The Labute approximate surface area is 159 Å². The van der Waals surface area contributed by atoms with Gasteiger partial charge in [0.15, 0.2) is 0 Å². The van der Waals surface area contributed by atoms with E-state index in [1.165, 1.54) is 5.56 Å². The maximum Gasteiger partial charge on any atom is 0.276 e. The SMILES string of the molecule is CCn1c(N2CCCC(N)C2)nc2ccn(CCc3ccccc3)c(=O)c21. The zero-order valence-electron chi connectivity index (χ0n) is 15.8. The van der Waals surface area contributed by atoms with E-state index < -0.39 is 0 Å². The number of hydrogen-bond acceptors (Lipinski definition) is 4. The number of anilines is 1. The molecule has 1 saturated heterocycles. The molecule has 1 aliphatic heterocycles. The molecule has 0 saturated carbocycles. The average Bonchev–Trinajstić information content (AvgIpc) is 3.08. The second-order valence-corrected chi connectivity index (χ2v) is 7.29. The van der Waals surface area contributed by atoms with Crippen molar-refractivity contribution in [3.8, 4) is 0 Å². The summed E-state index contributed by atoms with van der Waals surface area (Å²) in [4.78, 5) is 20.2. The molecular weight excluding hydrogens is 338 g/mol. The van der Waals surface area contributed by atoms with Crippen LogP contribution in [0, 0.1) is 0 Å². The van der Waals surface area contributed by atoms with Gasteiger partial charge in [0.25, 0.3) is 5.56 Å². The lowest BCUT2D eigenvalue weighted by molar-refractivity contribution is 0.494. The molecule has 0 amide bonds. The average molecular weight is 365 g/mol. The minimum Gasteiger partial charge on any atom is -0.341 e. The fraction of sp³-hybridized carbons (Fsp3) is 0.429. The summed E-state index contributed by atoms with van der Waals surface area (Å²) in [5.41, 5.74) is 8.88. The summed E-state index contributed by atoms with van der Waals surface area (Å²) in [6, 6.07) is 12.4. The minimum absolute atomic E-state index is 0.0327. The van der Waals surface area contributed by atoms with Crippen molar-refractivity contribution in [1.29, 1.82) is 0 Å². The molecule has 2 aromatic heterocycles. The van der Waals surface area contributed by atoms with Crippen molar-refractivity contribution >= 4 is 17.0 Å². The van der Waals surface area contributed by atoms with Gasteiger partial charge in [-0.05, 0) is 37.8 Å². The van der Waals surface area contributed by atoms with E-state index in [1.54, 1.807) is 4.57 Å². The predicted octanol–water partition coefficient (Wildman–Crippen LogP) is 2.39. The summed E-state index contributed by atoms with van der Waals surface area (Å²) < 4.78 is 3.85. The lowest BCUT2D eigenvalue weighted by Crippen LogP contribution is -2.44. The van der Waals surface area contributed by atoms with Crippen LogP contribution in [0.25, 0.3) is 11.0 Å². The highest BCUT2D eigenvalue weighted by atomic mass is 16.1. The maximum atomic E-state index is 13.1. The molecule has 1 fully saturated rings. The first kappa shape index (κ1) is 17.8. The number of rotatable bonds is 5. The number of fused-ring (bicyclic) bond motifs is 1. The summed E-state index contributed by atoms with van der Waals surface area (Å²) >= 11 is 0. The van der Waals surface area contributed by atoms with Crippen LogP contribution in [0.15, 0.2) is 47.4 Å². The van der Waals surface area contributed by atoms with Crippen LogP contribution in [0.1, 0.15) is 25.3 Å². The van der Waals surface area contributed by atoms with Crippen LogP contribution in [-0.2, 0) is 19.5 Å². The number of nitrogens with two attached hydrogens (primary N) is 1. The molecular formula is C21H27N5O. The minimum atomic E-state index is 0.0327. The molecule has 0 spiro atoms. The van der Waals surface area contributed by atoms with Crippen molar-refractivity contribution in [2.24, 2.45) is 5.73 Å². The molecule has 0 aliphatic carbocycles. The smallest absolute Gasteiger partial charge is 0.276 e. The van der Waals surface area contributed by atoms with Gasteiger partial charge in [-0.1, -0.05) is 30.3 Å². The van der Waals surface area contributed by atoms with Gasteiger partial charge in [0, 0.05) is 38.4 Å². The predicted molar refractivity (Wildman–Crippen MR) is 109 cm³/mol. The van der Waals surface area contributed by atoms with Crippen LogP contribution in [0.3, 0.4) is 0 Å². The first-order valence-electron chi connectivity index (χ1n) is 9.81.